The predicted molar refractivity (Wildman–Crippen MR) is 112 cm³/mol. The minimum absolute atomic E-state index is 0.0666. The van der Waals surface area contributed by atoms with Crippen molar-refractivity contribution in [1.82, 2.24) is 15.2 Å². The number of piperazine rings is 1. The Kier molecular flexibility index (Phi) is 6.31. The molecule has 29 heavy (non-hydrogen) atoms. The Morgan fingerprint density at radius 1 is 1.24 bits per heavy atom. The van der Waals surface area contributed by atoms with E-state index in [9.17, 15) is 9.59 Å². The van der Waals surface area contributed by atoms with Gasteiger partial charge in [0.15, 0.2) is 0 Å². The summed E-state index contributed by atoms with van der Waals surface area (Å²) in [4.78, 5) is 32.8. The van der Waals surface area contributed by atoms with Crippen molar-refractivity contribution >= 4 is 17.7 Å². The van der Waals surface area contributed by atoms with Crippen LogP contribution in [-0.2, 0) is 9.53 Å². The molecule has 0 radical (unpaired) electrons. The van der Waals surface area contributed by atoms with Gasteiger partial charge < -0.3 is 25.6 Å². The van der Waals surface area contributed by atoms with Gasteiger partial charge in [-0.15, -0.1) is 0 Å². The first-order valence-electron chi connectivity index (χ1n) is 10.4. The number of carbonyl (C=O) groups is 2. The fourth-order valence-corrected chi connectivity index (χ4v) is 3.84. The summed E-state index contributed by atoms with van der Waals surface area (Å²) < 4.78 is 5.22. The number of carbonyl (C=O) groups excluding carboxylic acids is 2. The van der Waals surface area contributed by atoms with Crippen molar-refractivity contribution < 1.29 is 14.3 Å². The van der Waals surface area contributed by atoms with Gasteiger partial charge in [-0.2, -0.15) is 0 Å². The molecule has 0 bridgehead atoms. The lowest BCUT2D eigenvalue weighted by molar-refractivity contribution is -0.134. The zero-order valence-corrected chi connectivity index (χ0v) is 17.7. The predicted octanol–water partition coefficient (Wildman–Crippen LogP) is 1.75. The zero-order chi connectivity index (χ0) is 21.1. The molecule has 1 aromatic heterocycles. The Hall–Kier alpha value is -2.35. The van der Waals surface area contributed by atoms with Crippen LogP contribution in [0.25, 0.3) is 0 Å². The Morgan fingerprint density at radius 2 is 1.90 bits per heavy atom. The maximum absolute atomic E-state index is 12.9. The molecule has 1 saturated heterocycles. The highest BCUT2D eigenvalue weighted by molar-refractivity contribution is 5.90. The van der Waals surface area contributed by atoms with Crippen LogP contribution in [0.3, 0.4) is 0 Å². The first-order valence-corrected chi connectivity index (χ1v) is 10.4. The van der Waals surface area contributed by atoms with Crippen LogP contribution in [0.2, 0.25) is 0 Å². The summed E-state index contributed by atoms with van der Waals surface area (Å²) >= 11 is 0. The van der Waals surface area contributed by atoms with Gasteiger partial charge >= 0.3 is 6.09 Å². The molecule has 2 fully saturated rings. The van der Waals surface area contributed by atoms with Gasteiger partial charge in [0.25, 0.3) is 0 Å². The summed E-state index contributed by atoms with van der Waals surface area (Å²) in [6.45, 7) is 9.01. The van der Waals surface area contributed by atoms with Gasteiger partial charge in [-0.05, 0) is 58.1 Å². The van der Waals surface area contributed by atoms with E-state index in [0.717, 1.165) is 38.0 Å². The largest absolute Gasteiger partial charge is 0.444 e. The maximum atomic E-state index is 12.9. The second-order valence-corrected chi connectivity index (χ2v) is 9.00. The summed E-state index contributed by atoms with van der Waals surface area (Å²) in [5, 5.41) is 2.76. The van der Waals surface area contributed by atoms with Crippen LogP contribution in [0, 0.1) is 5.92 Å². The number of ether oxygens (including phenoxy) is 1. The fraction of sp³-hybridized carbons (Fsp3) is 0.667. The molecule has 1 aliphatic heterocycles. The molecular formula is C21H33N5O3. The van der Waals surface area contributed by atoms with Crippen LogP contribution in [0.5, 0.6) is 0 Å². The molecule has 2 unspecified atom stereocenters. The fourth-order valence-electron chi connectivity index (χ4n) is 3.84. The number of hydrogen-bond acceptors (Lipinski definition) is 6. The van der Waals surface area contributed by atoms with Crippen LogP contribution in [0.1, 0.15) is 40.0 Å². The monoisotopic (exact) mass is 403 g/mol. The minimum Gasteiger partial charge on any atom is -0.444 e. The summed E-state index contributed by atoms with van der Waals surface area (Å²) in [5.41, 5.74) is 6.32. The average molecular weight is 404 g/mol. The molecule has 3 rings (SSSR count). The summed E-state index contributed by atoms with van der Waals surface area (Å²) in [5.74, 6) is 0.255. The van der Waals surface area contributed by atoms with Crippen LogP contribution in [0.4, 0.5) is 10.5 Å². The number of aromatic nitrogens is 1. The number of amides is 2. The van der Waals surface area contributed by atoms with Crippen molar-refractivity contribution in [2.24, 2.45) is 11.7 Å². The second-order valence-electron chi connectivity index (χ2n) is 9.00. The number of rotatable bonds is 6. The third-order valence-corrected chi connectivity index (χ3v) is 5.54. The molecule has 1 aliphatic carbocycles. The third-order valence-electron chi connectivity index (χ3n) is 5.54. The number of nitrogens with one attached hydrogen (secondary N) is 1. The van der Waals surface area contributed by atoms with Crippen molar-refractivity contribution in [3.05, 3.63) is 24.5 Å². The van der Waals surface area contributed by atoms with Crippen LogP contribution >= 0.6 is 0 Å². The molecule has 1 aromatic rings. The molecule has 2 aliphatic rings. The van der Waals surface area contributed by atoms with Gasteiger partial charge in [0.2, 0.25) is 5.91 Å². The van der Waals surface area contributed by atoms with E-state index in [2.05, 4.69) is 15.2 Å². The highest BCUT2D eigenvalue weighted by Gasteiger charge is 2.57. The van der Waals surface area contributed by atoms with Crippen LogP contribution in [0.15, 0.2) is 24.5 Å². The second kappa shape index (κ2) is 8.57. The van der Waals surface area contributed by atoms with Crippen molar-refractivity contribution in [3.63, 3.8) is 0 Å². The molecular weight excluding hydrogens is 370 g/mol. The van der Waals surface area contributed by atoms with Gasteiger partial charge in [0.1, 0.15) is 5.60 Å². The third kappa shape index (κ3) is 5.59. The number of nitrogens with zero attached hydrogens (tertiary/aromatic N) is 3. The molecule has 1 saturated carbocycles. The van der Waals surface area contributed by atoms with Gasteiger partial charge in [-0.25, -0.2) is 4.79 Å². The van der Waals surface area contributed by atoms with Gasteiger partial charge in [-0.3, -0.25) is 9.78 Å². The van der Waals surface area contributed by atoms with Crippen molar-refractivity contribution in [2.75, 3.05) is 37.6 Å². The maximum Gasteiger partial charge on any atom is 0.407 e. The summed E-state index contributed by atoms with van der Waals surface area (Å²) in [7, 11) is 0. The number of alkyl carbamates (subject to hydrolysis) is 1. The lowest BCUT2D eigenvalue weighted by Gasteiger charge is -2.37. The van der Waals surface area contributed by atoms with Crippen molar-refractivity contribution in [2.45, 2.75) is 51.2 Å². The molecule has 2 heterocycles. The SMILES string of the molecule is CC(C)(C)OC(=O)NCCCC1CC1(N)C(=O)N1CCN(c2ccncc2)CC1. The van der Waals surface area contributed by atoms with E-state index in [-0.39, 0.29) is 11.8 Å². The van der Waals surface area contributed by atoms with Gasteiger partial charge in [-0.1, -0.05) is 0 Å². The van der Waals surface area contributed by atoms with Crippen molar-refractivity contribution in [3.8, 4) is 0 Å². The smallest absolute Gasteiger partial charge is 0.407 e. The highest BCUT2D eigenvalue weighted by Crippen LogP contribution is 2.45. The normalized spacial score (nSPS) is 24.2. The topological polar surface area (TPSA) is 101 Å². The Bertz CT molecular complexity index is 713. The van der Waals surface area contributed by atoms with E-state index in [1.807, 2.05) is 37.8 Å². The molecule has 0 spiro atoms. The summed E-state index contributed by atoms with van der Waals surface area (Å²) in [6.07, 6.45) is 5.50. The Labute approximate surface area is 172 Å². The van der Waals surface area contributed by atoms with E-state index in [1.165, 1.54) is 0 Å². The lowest BCUT2D eigenvalue weighted by atomic mass is 10.1. The molecule has 160 valence electrons. The summed E-state index contributed by atoms with van der Waals surface area (Å²) in [6, 6.07) is 3.98. The van der Waals surface area contributed by atoms with Gasteiger partial charge in [0, 0.05) is 50.8 Å². The first kappa shape index (κ1) is 21.4. The number of hydrogen-bond donors (Lipinski definition) is 2. The van der Waals surface area contributed by atoms with E-state index in [1.54, 1.807) is 12.4 Å². The molecule has 2 atom stereocenters. The highest BCUT2D eigenvalue weighted by atomic mass is 16.6. The zero-order valence-electron chi connectivity index (χ0n) is 17.7. The molecule has 8 heteroatoms. The van der Waals surface area contributed by atoms with E-state index in [4.69, 9.17) is 10.5 Å². The average Bonchev–Trinajstić information content (AvgIpc) is 3.35. The van der Waals surface area contributed by atoms with E-state index >= 15 is 0 Å². The molecule has 3 N–H and O–H groups in total. The quantitative estimate of drug-likeness (QED) is 0.702. The van der Waals surface area contributed by atoms with E-state index < -0.39 is 17.2 Å². The lowest BCUT2D eigenvalue weighted by Crippen LogP contribution is -2.55. The number of anilines is 1. The molecule has 2 amide bonds. The molecule has 8 nitrogen and oxygen atoms in total. The number of nitrogens with two attached hydrogens (primary N) is 1. The Morgan fingerprint density at radius 3 is 2.52 bits per heavy atom. The van der Waals surface area contributed by atoms with Crippen LogP contribution in [-0.4, -0.2) is 65.7 Å². The first-order chi connectivity index (χ1) is 13.7. The Balaban J connectivity index is 1.37. The molecule has 0 aromatic carbocycles. The standard InChI is InChI=1S/C21H33N5O3/c1-20(2,3)29-19(28)24-8-4-5-16-15-21(16,22)18(27)26-13-11-25(12-14-26)17-6-9-23-10-7-17/h6-7,9-10,16H,4-5,8,11-15,22H2,1-3H3,(H,24,28). The van der Waals surface area contributed by atoms with Crippen LogP contribution < -0.4 is 16.0 Å². The minimum atomic E-state index is -0.731. The van der Waals surface area contributed by atoms with Crippen molar-refractivity contribution in [1.29, 1.82) is 0 Å². The van der Waals surface area contributed by atoms with E-state index in [0.29, 0.717) is 19.6 Å². The number of pyridine rings is 1. The van der Waals surface area contributed by atoms with Gasteiger partial charge in [0.05, 0.1) is 5.54 Å².